The van der Waals surface area contributed by atoms with Crippen LogP contribution in [0.3, 0.4) is 0 Å². The number of ether oxygens (including phenoxy) is 1. The molecular weight excluding hydrogens is 457 g/mol. The number of carbonyl (C=O) groups excluding carboxylic acids is 2. The van der Waals surface area contributed by atoms with E-state index in [1.807, 2.05) is 29.2 Å². The quantitative estimate of drug-likeness (QED) is 0.441. The highest BCUT2D eigenvalue weighted by Gasteiger charge is 2.29. The zero-order chi connectivity index (χ0) is 23.7. The number of piperidine rings is 1. The first kappa shape index (κ1) is 22.0. The van der Waals surface area contributed by atoms with Crippen molar-refractivity contribution in [1.29, 1.82) is 0 Å². The van der Waals surface area contributed by atoms with Crippen LogP contribution in [0.1, 0.15) is 44.1 Å². The monoisotopic (exact) mass is 479 g/mol. The topological polar surface area (TPSA) is 100 Å². The number of H-pyrrole nitrogens is 1. The number of amides is 2. The Bertz CT molecular complexity index is 1350. The van der Waals surface area contributed by atoms with Gasteiger partial charge in [-0.15, -0.1) is 10.2 Å². The minimum Gasteiger partial charge on any atom is -0.497 e. The van der Waals surface area contributed by atoms with Gasteiger partial charge in [-0.2, -0.15) is 0 Å². The van der Waals surface area contributed by atoms with Crippen LogP contribution in [0.5, 0.6) is 5.75 Å². The molecule has 0 aliphatic carbocycles. The second kappa shape index (κ2) is 9.22. The fourth-order valence-corrected chi connectivity index (χ4v) is 4.96. The van der Waals surface area contributed by atoms with Gasteiger partial charge in [0.05, 0.1) is 7.11 Å². The van der Waals surface area contributed by atoms with E-state index in [0.717, 1.165) is 34.5 Å². The van der Waals surface area contributed by atoms with E-state index in [0.29, 0.717) is 24.5 Å². The fourth-order valence-electron chi connectivity index (χ4n) is 4.09. The van der Waals surface area contributed by atoms with E-state index in [9.17, 15) is 14.0 Å². The molecule has 1 aliphatic heterocycles. The Hall–Kier alpha value is -3.79. The Morgan fingerprint density at radius 2 is 2.00 bits per heavy atom. The molecule has 4 aromatic rings. The van der Waals surface area contributed by atoms with Gasteiger partial charge in [0.1, 0.15) is 22.3 Å². The average Bonchev–Trinajstić information content (AvgIpc) is 3.52. The molecule has 8 nitrogen and oxygen atoms in total. The second-order valence-electron chi connectivity index (χ2n) is 8.13. The first-order chi connectivity index (χ1) is 16.5. The molecule has 0 saturated carbocycles. The minimum absolute atomic E-state index is 0.00652. The number of likely N-dealkylation sites (tertiary alicyclic amines) is 1. The summed E-state index contributed by atoms with van der Waals surface area (Å²) < 4.78 is 18.3. The van der Waals surface area contributed by atoms with Gasteiger partial charge in [-0.05, 0) is 55.3 Å². The number of halogens is 1. The predicted molar refractivity (Wildman–Crippen MR) is 127 cm³/mol. The Morgan fingerprint density at radius 3 is 2.79 bits per heavy atom. The Labute approximate surface area is 198 Å². The van der Waals surface area contributed by atoms with Gasteiger partial charge in [-0.25, -0.2) is 4.39 Å². The maximum Gasteiger partial charge on any atom is 0.286 e. The summed E-state index contributed by atoms with van der Waals surface area (Å²) in [6.45, 7) is 1.16. The molecule has 1 saturated heterocycles. The van der Waals surface area contributed by atoms with Crippen molar-refractivity contribution < 1.29 is 18.7 Å². The average molecular weight is 480 g/mol. The lowest BCUT2D eigenvalue weighted by Gasteiger charge is -2.31. The van der Waals surface area contributed by atoms with Gasteiger partial charge in [0.15, 0.2) is 0 Å². The molecule has 1 fully saturated rings. The third kappa shape index (κ3) is 4.49. The van der Waals surface area contributed by atoms with Crippen LogP contribution in [-0.4, -0.2) is 52.1 Å². The van der Waals surface area contributed by atoms with Gasteiger partial charge in [0, 0.05) is 41.7 Å². The number of nitrogens with one attached hydrogen (secondary N) is 2. The number of nitrogens with zero attached hydrogens (tertiary/aromatic N) is 3. The molecule has 174 valence electrons. The molecule has 2 aromatic heterocycles. The molecule has 1 atom stereocenters. The van der Waals surface area contributed by atoms with Gasteiger partial charge in [-0.3, -0.25) is 9.59 Å². The first-order valence-electron chi connectivity index (χ1n) is 10.9. The molecule has 1 aliphatic rings. The summed E-state index contributed by atoms with van der Waals surface area (Å²) in [7, 11) is 1.61. The summed E-state index contributed by atoms with van der Waals surface area (Å²) in [6.07, 6.45) is 1.70. The third-order valence-corrected chi connectivity index (χ3v) is 6.94. The van der Waals surface area contributed by atoms with E-state index in [-0.39, 0.29) is 22.6 Å². The summed E-state index contributed by atoms with van der Waals surface area (Å²) in [6, 6.07) is 13.0. The summed E-state index contributed by atoms with van der Waals surface area (Å²) in [5.41, 5.74) is 1.85. The van der Waals surface area contributed by atoms with Crippen LogP contribution in [-0.2, 0) is 0 Å². The van der Waals surface area contributed by atoms with Crippen molar-refractivity contribution >= 4 is 39.7 Å². The first-order valence-corrected chi connectivity index (χ1v) is 11.7. The Balaban J connectivity index is 1.27. The number of hydrogen-bond acceptors (Lipinski definition) is 6. The lowest BCUT2D eigenvalue weighted by Crippen LogP contribution is -2.39. The molecule has 0 radical (unpaired) electrons. The van der Waals surface area contributed by atoms with Gasteiger partial charge in [0.2, 0.25) is 5.01 Å². The highest BCUT2D eigenvalue weighted by molar-refractivity contribution is 7.13. The number of methoxy groups -OCH3 is 1. The molecule has 2 N–H and O–H groups in total. The molecule has 0 spiro atoms. The maximum absolute atomic E-state index is 13.2. The van der Waals surface area contributed by atoms with E-state index < -0.39 is 5.91 Å². The third-order valence-electron chi connectivity index (χ3n) is 5.85. The van der Waals surface area contributed by atoms with E-state index in [4.69, 9.17) is 4.74 Å². The maximum atomic E-state index is 13.2. The molecule has 0 bridgehead atoms. The standard InChI is InChI=1S/C24H22FN5O3S/c1-33-18-9-4-14-11-20(27-19(14)12-18)24(32)30-10-2-3-15(13-30)22-28-29-23(34-22)21(31)26-17-7-5-16(25)6-8-17/h4-9,11-12,15,27H,2-3,10,13H2,1H3,(H,26,31)/t15-/m0/s1. The van der Waals surface area contributed by atoms with Crippen LogP contribution in [0, 0.1) is 5.82 Å². The summed E-state index contributed by atoms with van der Waals surface area (Å²) in [5.74, 6) is -0.111. The van der Waals surface area contributed by atoms with Gasteiger partial charge in [-0.1, -0.05) is 11.3 Å². The number of anilines is 1. The van der Waals surface area contributed by atoms with Crippen LogP contribution in [0.4, 0.5) is 10.1 Å². The summed E-state index contributed by atoms with van der Waals surface area (Å²) in [4.78, 5) is 30.7. The SMILES string of the molecule is COc1ccc2cc(C(=O)N3CCC[C@H](c4nnc(C(=O)Nc5ccc(F)cc5)s4)C3)[nH]c2c1. The van der Waals surface area contributed by atoms with Crippen LogP contribution >= 0.6 is 11.3 Å². The van der Waals surface area contributed by atoms with Crippen molar-refractivity contribution in [2.24, 2.45) is 0 Å². The zero-order valence-electron chi connectivity index (χ0n) is 18.4. The number of hydrogen-bond donors (Lipinski definition) is 2. The molecule has 3 heterocycles. The number of benzene rings is 2. The lowest BCUT2D eigenvalue weighted by molar-refractivity contribution is 0.0701. The van der Waals surface area contributed by atoms with E-state index >= 15 is 0 Å². The van der Waals surface area contributed by atoms with Crippen LogP contribution in [0.25, 0.3) is 10.9 Å². The molecule has 10 heteroatoms. The highest BCUT2D eigenvalue weighted by Crippen LogP contribution is 2.30. The number of fused-ring (bicyclic) bond motifs is 1. The van der Waals surface area contributed by atoms with Crippen molar-refractivity contribution in [3.63, 3.8) is 0 Å². The van der Waals surface area contributed by atoms with Crippen molar-refractivity contribution in [3.8, 4) is 5.75 Å². The molecule has 5 rings (SSSR count). The highest BCUT2D eigenvalue weighted by atomic mass is 32.1. The number of carbonyl (C=O) groups is 2. The molecule has 0 unspecified atom stereocenters. The zero-order valence-corrected chi connectivity index (χ0v) is 19.2. The normalized spacial score (nSPS) is 15.9. The second-order valence-corrected chi connectivity index (χ2v) is 9.14. The van der Waals surface area contributed by atoms with Crippen LogP contribution < -0.4 is 10.1 Å². The van der Waals surface area contributed by atoms with Gasteiger partial charge < -0.3 is 19.9 Å². The molecular formula is C24H22FN5O3S. The number of rotatable bonds is 5. The van der Waals surface area contributed by atoms with Crippen molar-refractivity contribution in [3.05, 3.63) is 70.1 Å². The van der Waals surface area contributed by atoms with E-state index in [1.54, 1.807) is 7.11 Å². The van der Waals surface area contributed by atoms with E-state index in [2.05, 4.69) is 20.5 Å². The van der Waals surface area contributed by atoms with Crippen molar-refractivity contribution in [2.45, 2.75) is 18.8 Å². The largest absolute Gasteiger partial charge is 0.497 e. The Morgan fingerprint density at radius 1 is 1.18 bits per heavy atom. The number of aromatic amines is 1. The molecule has 2 aromatic carbocycles. The lowest BCUT2D eigenvalue weighted by atomic mass is 9.98. The van der Waals surface area contributed by atoms with Crippen molar-refractivity contribution in [1.82, 2.24) is 20.1 Å². The molecule has 34 heavy (non-hydrogen) atoms. The van der Waals surface area contributed by atoms with Gasteiger partial charge in [0.25, 0.3) is 11.8 Å². The summed E-state index contributed by atoms with van der Waals surface area (Å²) in [5, 5.41) is 12.9. The number of aromatic nitrogens is 3. The smallest absolute Gasteiger partial charge is 0.286 e. The molecule has 2 amide bonds. The van der Waals surface area contributed by atoms with Gasteiger partial charge >= 0.3 is 0 Å². The fraction of sp³-hybridized carbons (Fsp3) is 0.250. The predicted octanol–water partition coefficient (Wildman–Crippen LogP) is 4.44. The summed E-state index contributed by atoms with van der Waals surface area (Å²) >= 11 is 1.22. The van der Waals surface area contributed by atoms with Crippen molar-refractivity contribution in [2.75, 3.05) is 25.5 Å². The van der Waals surface area contributed by atoms with Crippen LogP contribution in [0.2, 0.25) is 0 Å². The van der Waals surface area contributed by atoms with Crippen LogP contribution in [0.15, 0.2) is 48.5 Å². The van der Waals surface area contributed by atoms with E-state index in [1.165, 1.54) is 35.6 Å². The minimum atomic E-state index is -0.396. The Kier molecular flexibility index (Phi) is 5.97.